The summed E-state index contributed by atoms with van der Waals surface area (Å²) in [7, 11) is 1.31. The van der Waals surface area contributed by atoms with Crippen molar-refractivity contribution in [2.24, 2.45) is 0 Å². The van der Waals surface area contributed by atoms with E-state index in [1.807, 2.05) is 5.38 Å². The third kappa shape index (κ3) is 5.71. The van der Waals surface area contributed by atoms with Gasteiger partial charge in [-0.3, -0.25) is 4.79 Å². The SMILES string of the molecule is Brc1nccs1.COC=O. The van der Waals surface area contributed by atoms with Crippen LogP contribution < -0.4 is 0 Å². The van der Waals surface area contributed by atoms with Crippen molar-refractivity contribution in [3.8, 4) is 0 Å². The minimum atomic E-state index is 0.375. The quantitative estimate of drug-likeness (QED) is 0.681. The monoisotopic (exact) mass is 223 g/mol. The molecule has 0 radical (unpaired) electrons. The average molecular weight is 224 g/mol. The van der Waals surface area contributed by atoms with Crippen LogP contribution in [0.15, 0.2) is 15.5 Å². The molecule has 0 spiro atoms. The molecule has 0 aromatic carbocycles. The van der Waals surface area contributed by atoms with Crippen molar-refractivity contribution in [2.45, 2.75) is 0 Å². The number of hydrogen-bond donors (Lipinski definition) is 0. The minimum Gasteiger partial charge on any atom is -0.471 e. The average Bonchev–Trinajstić information content (AvgIpc) is 2.40. The summed E-state index contributed by atoms with van der Waals surface area (Å²) < 4.78 is 4.81. The Morgan fingerprint density at radius 1 is 1.90 bits per heavy atom. The lowest BCUT2D eigenvalue weighted by Gasteiger charge is -1.67. The lowest BCUT2D eigenvalue weighted by atomic mass is 11.0. The van der Waals surface area contributed by atoms with Gasteiger partial charge in [0.05, 0.1) is 7.11 Å². The van der Waals surface area contributed by atoms with Gasteiger partial charge in [-0.05, 0) is 15.9 Å². The van der Waals surface area contributed by atoms with Gasteiger partial charge in [-0.25, -0.2) is 4.98 Å². The molecule has 3 nitrogen and oxygen atoms in total. The molecule has 0 atom stereocenters. The van der Waals surface area contributed by atoms with Gasteiger partial charge in [0, 0.05) is 11.6 Å². The summed E-state index contributed by atoms with van der Waals surface area (Å²) >= 11 is 4.77. The Kier molecular flexibility index (Phi) is 6.42. The summed E-state index contributed by atoms with van der Waals surface area (Å²) in [6.07, 6.45) is 1.76. The van der Waals surface area contributed by atoms with Gasteiger partial charge in [0.2, 0.25) is 0 Å². The van der Waals surface area contributed by atoms with Gasteiger partial charge >= 0.3 is 0 Å². The first-order valence-corrected chi connectivity index (χ1v) is 4.00. The second-order valence-electron chi connectivity index (χ2n) is 1.12. The van der Waals surface area contributed by atoms with E-state index in [9.17, 15) is 0 Å². The fourth-order valence-electron chi connectivity index (χ4n) is 0.206. The van der Waals surface area contributed by atoms with Crippen LogP contribution >= 0.6 is 27.3 Å². The summed E-state index contributed by atoms with van der Waals surface area (Å²) in [5, 5.41) is 1.92. The number of carbonyl (C=O) groups is 1. The van der Waals surface area contributed by atoms with Crippen molar-refractivity contribution in [3.63, 3.8) is 0 Å². The van der Waals surface area contributed by atoms with Crippen LogP contribution in [-0.2, 0) is 9.53 Å². The second-order valence-corrected chi connectivity index (χ2v) is 3.29. The minimum absolute atomic E-state index is 0.375. The maximum Gasteiger partial charge on any atom is 0.292 e. The fraction of sp³-hybridized carbons (Fsp3) is 0.200. The third-order valence-corrected chi connectivity index (χ3v) is 1.82. The van der Waals surface area contributed by atoms with Crippen LogP contribution in [0.5, 0.6) is 0 Å². The third-order valence-electron chi connectivity index (χ3n) is 0.498. The molecule has 5 heteroatoms. The molecule has 1 aromatic rings. The fourth-order valence-corrected chi connectivity index (χ4v) is 1.00. The molecule has 0 aliphatic rings. The molecule has 0 saturated carbocycles. The molecule has 0 aliphatic heterocycles. The van der Waals surface area contributed by atoms with Crippen molar-refractivity contribution in [3.05, 3.63) is 15.5 Å². The van der Waals surface area contributed by atoms with Crippen LogP contribution in [0, 0.1) is 0 Å². The van der Waals surface area contributed by atoms with Crippen LogP contribution in [0.25, 0.3) is 0 Å². The number of nitrogens with zero attached hydrogens (tertiary/aromatic N) is 1. The highest BCUT2D eigenvalue weighted by atomic mass is 79.9. The molecule has 1 rings (SSSR count). The maximum absolute atomic E-state index is 8.95. The smallest absolute Gasteiger partial charge is 0.292 e. The topological polar surface area (TPSA) is 39.2 Å². The van der Waals surface area contributed by atoms with E-state index in [2.05, 4.69) is 25.7 Å². The van der Waals surface area contributed by atoms with Crippen LogP contribution in [0.3, 0.4) is 0 Å². The molecule has 0 unspecified atom stereocenters. The molecule has 0 N–H and O–H groups in total. The Morgan fingerprint density at radius 2 is 2.50 bits per heavy atom. The molecular weight excluding hydrogens is 218 g/mol. The number of hydrogen-bond acceptors (Lipinski definition) is 4. The lowest BCUT2D eigenvalue weighted by molar-refractivity contribution is -0.126. The zero-order valence-electron chi connectivity index (χ0n) is 5.28. The van der Waals surface area contributed by atoms with Crippen molar-refractivity contribution in [1.29, 1.82) is 0 Å². The molecule has 0 saturated heterocycles. The summed E-state index contributed by atoms with van der Waals surface area (Å²) in [4.78, 5) is 12.8. The molecule has 0 fully saturated rings. The van der Waals surface area contributed by atoms with Crippen LogP contribution in [0.2, 0.25) is 0 Å². The number of aromatic nitrogens is 1. The van der Waals surface area contributed by atoms with E-state index in [-0.39, 0.29) is 0 Å². The molecular formula is C5H6BrNO2S. The van der Waals surface area contributed by atoms with Crippen molar-refractivity contribution in [2.75, 3.05) is 7.11 Å². The first-order valence-electron chi connectivity index (χ1n) is 2.32. The van der Waals surface area contributed by atoms with Crippen molar-refractivity contribution in [1.82, 2.24) is 4.98 Å². The van der Waals surface area contributed by atoms with Crippen LogP contribution in [0.1, 0.15) is 0 Å². The van der Waals surface area contributed by atoms with Crippen molar-refractivity contribution < 1.29 is 9.53 Å². The summed E-state index contributed by atoms with van der Waals surface area (Å²) in [5.41, 5.74) is 0. The van der Waals surface area contributed by atoms with Gasteiger partial charge in [-0.1, -0.05) is 0 Å². The lowest BCUT2D eigenvalue weighted by Crippen LogP contribution is -1.68. The van der Waals surface area contributed by atoms with E-state index >= 15 is 0 Å². The number of ether oxygens (including phenoxy) is 1. The number of thiazole rings is 1. The van der Waals surface area contributed by atoms with Gasteiger partial charge in [-0.15, -0.1) is 11.3 Å². The van der Waals surface area contributed by atoms with Crippen LogP contribution in [0.4, 0.5) is 0 Å². The standard InChI is InChI=1S/C3H2BrNS.C2H4O2/c4-3-5-1-2-6-3;1-4-2-3/h1-2H;2H,1H3. The molecule has 0 amide bonds. The van der Waals surface area contributed by atoms with E-state index in [1.165, 1.54) is 7.11 Å². The summed E-state index contributed by atoms with van der Waals surface area (Å²) in [6, 6.07) is 0. The second kappa shape index (κ2) is 6.70. The molecule has 1 aromatic heterocycles. The van der Waals surface area contributed by atoms with Crippen molar-refractivity contribution >= 4 is 33.7 Å². The Bertz CT molecular complexity index is 166. The van der Waals surface area contributed by atoms with E-state index < -0.39 is 0 Å². The Balaban J connectivity index is 0.000000180. The Morgan fingerprint density at radius 3 is 2.60 bits per heavy atom. The zero-order valence-corrected chi connectivity index (χ0v) is 7.68. The first kappa shape index (κ1) is 9.58. The van der Waals surface area contributed by atoms with Gasteiger partial charge < -0.3 is 4.74 Å². The number of methoxy groups -OCH3 is 1. The van der Waals surface area contributed by atoms with E-state index in [4.69, 9.17) is 4.79 Å². The van der Waals surface area contributed by atoms with Gasteiger partial charge in [0.15, 0.2) is 3.92 Å². The van der Waals surface area contributed by atoms with Gasteiger partial charge in [-0.2, -0.15) is 0 Å². The molecule has 0 aliphatic carbocycles. The predicted octanol–water partition coefficient (Wildman–Crippen LogP) is 1.69. The predicted molar refractivity (Wildman–Crippen MR) is 42.9 cm³/mol. The van der Waals surface area contributed by atoms with E-state index in [0.29, 0.717) is 6.47 Å². The molecule has 0 bridgehead atoms. The zero-order chi connectivity index (χ0) is 7.82. The number of carbonyl (C=O) groups excluding carboxylic acids is 1. The number of rotatable bonds is 1. The molecule has 56 valence electrons. The highest BCUT2D eigenvalue weighted by molar-refractivity contribution is 9.11. The molecule has 10 heavy (non-hydrogen) atoms. The van der Waals surface area contributed by atoms with E-state index in [0.717, 1.165) is 3.92 Å². The number of halogens is 1. The highest BCUT2D eigenvalue weighted by Gasteiger charge is 1.79. The Labute approximate surface area is 71.2 Å². The normalized spacial score (nSPS) is 7.40. The summed E-state index contributed by atoms with van der Waals surface area (Å²) in [6.45, 7) is 0.375. The molecule has 1 heterocycles. The van der Waals surface area contributed by atoms with Gasteiger partial charge in [0.1, 0.15) is 0 Å². The summed E-state index contributed by atoms with van der Waals surface area (Å²) in [5.74, 6) is 0. The highest BCUT2D eigenvalue weighted by Crippen LogP contribution is 2.10. The van der Waals surface area contributed by atoms with E-state index in [1.54, 1.807) is 17.5 Å². The van der Waals surface area contributed by atoms with Gasteiger partial charge in [0.25, 0.3) is 6.47 Å². The van der Waals surface area contributed by atoms with Crippen LogP contribution in [-0.4, -0.2) is 18.6 Å². The largest absolute Gasteiger partial charge is 0.471 e. The maximum atomic E-state index is 8.95. The first-order chi connectivity index (χ1) is 4.81. The Hall–Kier alpha value is -0.420.